The molecule has 1 unspecified atom stereocenters. The van der Waals surface area contributed by atoms with Crippen molar-refractivity contribution in [3.05, 3.63) is 47.5 Å². The van der Waals surface area contributed by atoms with Gasteiger partial charge in [-0.2, -0.15) is 0 Å². The fraction of sp³-hybridized carbons (Fsp3) is 0.529. The summed E-state index contributed by atoms with van der Waals surface area (Å²) >= 11 is 0. The van der Waals surface area contributed by atoms with Gasteiger partial charge in [-0.25, -0.2) is 0 Å². The molecule has 2 heteroatoms. The number of allylic oxidation sites excluding steroid dienone is 2. The zero-order valence-electron chi connectivity index (χ0n) is 12.1. The largest absolute Gasteiger partial charge is 0.390 e. The quantitative estimate of drug-likeness (QED) is 0.814. The SMILES string of the molecule is CC(C)=CCCC(C)(O)[C@H]1CO[C@H]1c1ccccc1. The molecule has 1 aromatic carbocycles. The third-order valence-electron chi connectivity index (χ3n) is 3.95. The standard InChI is InChI=1S/C17H24O2/c1-13(2)8-7-11-17(3,18)15-12-19-16(15)14-9-5-4-6-10-14/h4-6,8-10,15-16,18H,7,11-12H2,1-3H3/t15-,16-,17?/m0/s1. The molecule has 1 aliphatic heterocycles. The summed E-state index contributed by atoms with van der Waals surface area (Å²) in [6, 6.07) is 10.2. The maximum atomic E-state index is 10.7. The second-order valence-corrected chi connectivity index (χ2v) is 5.95. The molecule has 104 valence electrons. The highest BCUT2D eigenvalue weighted by molar-refractivity contribution is 5.21. The van der Waals surface area contributed by atoms with Crippen molar-refractivity contribution in [3.63, 3.8) is 0 Å². The highest BCUT2D eigenvalue weighted by Crippen LogP contribution is 2.43. The molecule has 1 saturated heterocycles. The minimum absolute atomic E-state index is 0.0444. The summed E-state index contributed by atoms with van der Waals surface area (Å²) < 4.78 is 5.67. The molecule has 1 heterocycles. The fourth-order valence-electron chi connectivity index (χ4n) is 2.60. The minimum atomic E-state index is -0.662. The van der Waals surface area contributed by atoms with Crippen molar-refractivity contribution in [1.29, 1.82) is 0 Å². The highest BCUT2D eigenvalue weighted by Gasteiger charge is 2.45. The predicted molar refractivity (Wildman–Crippen MR) is 77.9 cm³/mol. The molecule has 1 fully saturated rings. The van der Waals surface area contributed by atoms with Crippen LogP contribution in [0.15, 0.2) is 42.0 Å². The van der Waals surface area contributed by atoms with Gasteiger partial charge in [0.25, 0.3) is 0 Å². The molecular formula is C17H24O2. The molecule has 0 saturated carbocycles. The van der Waals surface area contributed by atoms with E-state index in [4.69, 9.17) is 4.74 Å². The Labute approximate surface area is 116 Å². The molecule has 0 bridgehead atoms. The van der Waals surface area contributed by atoms with Crippen LogP contribution in [0.25, 0.3) is 0 Å². The minimum Gasteiger partial charge on any atom is -0.390 e. The number of ether oxygens (including phenoxy) is 1. The highest BCUT2D eigenvalue weighted by atomic mass is 16.5. The van der Waals surface area contributed by atoms with Gasteiger partial charge in [0.05, 0.1) is 18.3 Å². The number of hydrogen-bond acceptors (Lipinski definition) is 2. The van der Waals surface area contributed by atoms with Crippen molar-refractivity contribution in [2.45, 2.75) is 45.3 Å². The van der Waals surface area contributed by atoms with E-state index in [1.54, 1.807) is 0 Å². The van der Waals surface area contributed by atoms with Gasteiger partial charge in [0.15, 0.2) is 0 Å². The van der Waals surface area contributed by atoms with Crippen molar-refractivity contribution in [2.75, 3.05) is 6.61 Å². The zero-order chi connectivity index (χ0) is 13.9. The van der Waals surface area contributed by atoms with E-state index in [0.717, 1.165) is 12.8 Å². The van der Waals surface area contributed by atoms with Crippen LogP contribution in [0, 0.1) is 5.92 Å². The molecule has 2 rings (SSSR count). The lowest BCUT2D eigenvalue weighted by molar-refractivity contribution is -0.198. The zero-order valence-corrected chi connectivity index (χ0v) is 12.1. The molecule has 0 aliphatic carbocycles. The van der Waals surface area contributed by atoms with Crippen LogP contribution in [0.2, 0.25) is 0 Å². The smallest absolute Gasteiger partial charge is 0.0902 e. The second-order valence-electron chi connectivity index (χ2n) is 5.95. The lowest BCUT2D eigenvalue weighted by Crippen LogP contribution is -2.48. The number of benzene rings is 1. The van der Waals surface area contributed by atoms with Crippen molar-refractivity contribution in [1.82, 2.24) is 0 Å². The Kier molecular flexibility index (Phi) is 4.43. The molecule has 0 amide bonds. The van der Waals surface area contributed by atoms with Gasteiger partial charge in [-0.3, -0.25) is 0 Å². The summed E-state index contributed by atoms with van der Waals surface area (Å²) in [7, 11) is 0. The van der Waals surface area contributed by atoms with Gasteiger partial charge >= 0.3 is 0 Å². The van der Waals surface area contributed by atoms with E-state index < -0.39 is 5.60 Å². The number of aliphatic hydroxyl groups is 1. The van der Waals surface area contributed by atoms with Gasteiger partial charge in [0, 0.05) is 5.92 Å². The van der Waals surface area contributed by atoms with E-state index in [2.05, 4.69) is 32.1 Å². The molecule has 1 N–H and O–H groups in total. The summed E-state index contributed by atoms with van der Waals surface area (Å²) in [6.45, 7) is 6.78. The van der Waals surface area contributed by atoms with Crippen molar-refractivity contribution < 1.29 is 9.84 Å². The molecule has 1 aliphatic rings. The Morgan fingerprint density at radius 1 is 1.37 bits per heavy atom. The van der Waals surface area contributed by atoms with Crippen LogP contribution in [0.3, 0.4) is 0 Å². The summed E-state index contributed by atoms with van der Waals surface area (Å²) in [4.78, 5) is 0. The van der Waals surface area contributed by atoms with E-state index in [1.807, 2.05) is 25.1 Å². The summed E-state index contributed by atoms with van der Waals surface area (Å²) in [5, 5.41) is 10.7. The Morgan fingerprint density at radius 3 is 2.58 bits per heavy atom. The first-order valence-corrected chi connectivity index (χ1v) is 7.03. The third-order valence-corrected chi connectivity index (χ3v) is 3.95. The Morgan fingerprint density at radius 2 is 2.05 bits per heavy atom. The van der Waals surface area contributed by atoms with Crippen LogP contribution in [0.4, 0.5) is 0 Å². The van der Waals surface area contributed by atoms with Crippen LogP contribution in [-0.2, 0) is 4.74 Å². The fourth-order valence-corrected chi connectivity index (χ4v) is 2.60. The van der Waals surface area contributed by atoms with Gasteiger partial charge in [-0.15, -0.1) is 0 Å². The van der Waals surface area contributed by atoms with Crippen LogP contribution in [-0.4, -0.2) is 17.3 Å². The summed E-state index contributed by atoms with van der Waals surface area (Å²) in [5.41, 5.74) is 1.81. The van der Waals surface area contributed by atoms with Crippen molar-refractivity contribution in [2.24, 2.45) is 5.92 Å². The molecular weight excluding hydrogens is 236 g/mol. The maximum absolute atomic E-state index is 10.7. The lowest BCUT2D eigenvalue weighted by Gasteiger charge is -2.45. The van der Waals surface area contributed by atoms with Gasteiger partial charge in [0.2, 0.25) is 0 Å². The van der Waals surface area contributed by atoms with E-state index in [-0.39, 0.29) is 12.0 Å². The second kappa shape index (κ2) is 5.89. The molecule has 0 aromatic heterocycles. The average Bonchev–Trinajstić information content (AvgIpc) is 2.27. The van der Waals surface area contributed by atoms with E-state index >= 15 is 0 Å². The van der Waals surface area contributed by atoms with Crippen LogP contribution in [0.5, 0.6) is 0 Å². The molecule has 0 spiro atoms. The Bertz CT molecular complexity index is 430. The first-order valence-electron chi connectivity index (χ1n) is 7.03. The normalized spacial score (nSPS) is 25.3. The summed E-state index contributed by atoms with van der Waals surface area (Å²) in [5.74, 6) is 0.195. The van der Waals surface area contributed by atoms with Crippen LogP contribution in [0.1, 0.15) is 45.3 Å². The van der Waals surface area contributed by atoms with Crippen LogP contribution < -0.4 is 0 Å². The molecule has 0 radical (unpaired) electrons. The van der Waals surface area contributed by atoms with Gasteiger partial charge < -0.3 is 9.84 Å². The number of hydrogen-bond donors (Lipinski definition) is 1. The van der Waals surface area contributed by atoms with E-state index in [1.165, 1.54) is 11.1 Å². The van der Waals surface area contributed by atoms with E-state index in [0.29, 0.717) is 6.61 Å². The first-order chi connectivity index (χ1) is 9.00. The number of rotatable bonds is 5. The average molecular weight is 260 g/mol. The predicted octanol–water partition coefficient (Wildman–Crippen LogP) is 3.87. The van der Waals surface area contributed by atoms with Crippen molar-refractivity contribution in [3.8, 4) is 0 Å². The van der Waals surface area contributed by atoms with Crippen molar-refractivity contribution >= 4 is 0 Å². The maximum Gasteiger partial charge on any atom is 0.0902 e. The van der Waals surface area contributed by atoms with Gasteiger partial charge in [0.1, 0.15) is 0 Å². The summed E-state index contributed by atoms with van der Waals surface area (Å²) in [6.07, 6.45) is 3.94. The van der Waals surface area contributed by atoms with Gasteiger partial charge in [-0.05, 0) is 39.2 Å². The Balaban J connectivity index is 1.99. The first kappa shape index (κ1) is 14.3. The molecule has 19 heavy (non-hydrogen) atoms. The topological polar surface area (TPSA) is 29.5 Å². The Hall–Kier alpha value is -1.12. The van der Waals surface area contributed by atoms with Crippen LogP contribution >= 0.6 is 0 Å². The third kappa shape index (κ3) is 3.46. The molecule has 3 atom stereocenters. The monoisotopic (exact) mass is 260 g/mol. The molecule has 1 aromatic rings. The molecule has 2 nitrogen and oxygen atoms in total. The van der Waals surface area contributed by atoms with Gasteiger partial charge in [-0.1, -0.05) is 42.0 Å². The lowest BCUT2D eigenvalue weighted by atomic mass is 9.76. The van der Waals surface area contributed by atoms with E-state index in [9.17, 15) is 5.11 Å².